The maximum atomic E-state index is 12.7. The van der Waals surface area contributed by atoms with E-state index in [0.29, 0.717) is 22.5 Å². The van der Waals surface area contributed by atoms with Crippen molar-refractivity contribution in [2.24, 2.45) is 5.73 Å². The summed E-state index contributed by atoms with van der Waals surface area (Å²) < 4.78 is 0. The molecule has 2 aromatic heterocycles. The number of carbonyl (C=O) groups is 1. The molecule has 8 heteroatoms. The number of amides is 1. The molecular formula is C15H15ClN6O. The number of guanidine groups is 1. The molecule has 0 atom stereocenters. The van der Waals surface area contributed by atoms with Gasteiger partial charge in [0.25, 0.3) is 5.91 Å². The molecule has 118 valence electrons. The van der Waals surface area contributed by atoms with Crippen LogP contribution in [-0.2, 0) is 0 Å². The second kappa shape index (κ2) is 6.45. The number of para-hydroxylation sites is 1. The number of aromatic nitrogens is 3. The summed E-state index contributed by atoms with van der Waals surface area (Å²) in [6.45, 7) is 1.74. The highest BCUT2D eigenvalue weighted by molar-refractivity contribution is 6.23. The van der Waals surface area contributed by atoms with Crippen LogP contribution in [-0.4, -0.2) is 27.0 Å². The second-order valence-corrected chi connectivity index (χ2v) is 4.79. The van der Waals surface area contributed by atoms with E-state index < -0.39 is 5.91 Å². The van der Waals surface area contributed by atoms with Crippen LogP contribution in [0.3, 0.4) is 0 Å². The minimum Gasteiger partial charge on any atom is -0.369 e. The number of fused-ring (bicyclic) bond motifs is 1. The van der Waals surface area contributed by atoms with Gasteiger partial charge < -0.3 is 5.73 Å². The molecule has 0 aliphatic rings. The molecule has 3 aromatic rings. The number of anilines is 1. The Bertz CT molecular complexity index is 870. The Hall–Kier alpha value is -2.93. The van der Waals surface area contributed by atoms with Crippen LogP contribution in [0.5, 0.6) is 0 Å². The average molecular weight is 331 g/mol. The van der Waals surface area contributed by atoms with Gasteiger partial charge in [-0.3, -0.25) is 20.3 Å². The van der Waals surface area contributed by atoms with Crippen LogP contribution in [0.15, 0.2) is 42.7 Å². The van der Waals surface area contributed by atoms with Crippen molar-refractivity contribution in [3.05, 3.63) is 54.0 Å². The molecule has 0 saturated carbocycles. The fourth-order valence-electron chi connectivity index (χ4n) is 2.30. The number of pyridine rings is 1. The molecule has 2 heterocycles. The zero-order chi connectivity index (χ0) is 15.7. The van der Waals surface area contributed by atoms with Crippen molar-refractivity contribution in [3.63, 3.8) is 0 Å². The highest BCUT2D eigenvalue weighted by Gasteiger charge is 2.24. The Kier molecular flexibility index (Phi) is 4.61. The number of hydrogen-bond acceptors (Lipinski definition) is 4. The molecule has 23 heavy (non-hydrogen) atoms. The summed E-state index contributed by atoms with van der Waals surface area (Å²) in [6, 6.07) is 9.09. The third-order valence-electron chi connectivity index (χ3n) is 3.36. The molecule has 0 spiro atoms. The summed E-state index contributed by atoms with van der Waals surface area (Å²) in [6.07, 6.45) is 3.06. The number of aromatic amines is 1. The molecule has 0 aliphatic heterocycles. The van der Waals surface area contributed by atoms with Gasteiger partial charge in [-0.1, -0.05) is 18.2 Å². The number of hydrogen-bond donors (Lipinski definition) is 3. The van der Waals surface area contributed by atoms with Crippen molar-refractivity contribution in [1.82, 2.24) is 15.2 Å². The van der Waals surface area contributed by atoms with Crippen molar-refractivity contribution < 1.29 is 4.79 Å². The first kappa shape index (κ1) is 16.4. The standard InChI is InChI=1S/C15H14N6O.ClH/c1-9-11(8-19-20-9)14(22)21(15(16)17)12-6-2-4-10-5-3-7-18-13(10)12;/h2-8H,1H3,(H3,16,17)(H,19,20);1H. The lowest BCUT2D eigenvalue weighted by Crippen LogP contribution is -2.41. The summed E-state index contributed by atoms with van der Waals surface area (Å²) >= 11 is 0. The fraction of sp³-hybridized carbons (Fsp3) is 0.0667. The van der Waals surface area contributed by atoms with E-state index in [4.69, 9.17) is 11.1 Å². The lowest BCUT2D eigenvalue weighted by Gasteiger charge is -2.21. The molecule has 0 unspecified atom stereocenters. The van der Waals surface area contributed by atoms with Gasteiger partial charge in [-0.15, -0.1) is 12.4 Å². The summed E-state index contributed by atoms with van der Waals surface area (Å²) in [4.78, 5) is 18.2. The molecule has 0 radical (unpaired) electrons. The van der Waals surface area contributed by atoms with Gasteiger partial charge in [-0.05, 0) is 19.1 Å². The number of aryl methyl sites for hydroxylation is 1. The van der Waals surface area contributed by atoms with Gasteiger partial charge in [-0.2, -0.15) is 5.10 Å². The average Bonchev–Trinajstić information content (AvgIpc) is 2.93. The number of halogens is 1. The third-order valence-corrected chi connectivity index (χ3v) is 3.36. The predicted molar refractivity (Wildman–Crippen MR) is 91.0 cm³/mol. The Balaban J connectivity index is 0.00000192. The van der Waals surface area contributed by atoms with Gasteiger partial charge in [0, 0.05) is 17.3 Å². The largest absolute Gasteiger partial charge is 0.369 e. The zero-order valence-corrected chi connectivity index (χ0v) is 13.1. The zero-order valence-electron chi connectivity index (χ0n) is 12.3. The molecular weight excluding hydrogens is 316 g/mol. The first-order valence-corrected chi connectivity index (χ1v) is 6.62. The molecule has 3 rings (SSSR count). The fourth-order valence-corrected chi connectivity index (χ4v) is 2.30. The van der Waals surface area contributed by atoms with E-state index in [1.807, 2.05) is 18.2 Å². The Morgan fingerprint density at radius 2 is 2.04 bits per heavy atom. The van der Waals surface area contributed by atoms with Crippen molar-refractivity contribution in [1.29, 1.82) is 5.41 Å². The van der Waals surface area contributed by atoms with Crippen molar-refractivity contribution in [2.75, 3.05) is 4.90 Å². The second-order valence-electron chi connectivity index (χ2n) is 4.79. The van der Waals surface area contributed by atoms with E-state index in [-0.39, 0.29) is 18.4 Å². The van der Waals surface area contributed by atoms with Gasteiger partial charge >= 0.3 is 0 Å². The number of carbonyl (C=O) groups excluding carboxylic acids is 1. The van der Waals surface area contributed by atoms with Crippen LogP contribution >= 0.6 is 12.4 Å². The van der Waals surface area contributed by atoms with E-state index in [2.05, 4.69) is 15.2 Å². The maximum Gasteiger partial charge on any atom is 0.268 e. The number of rotatable bonds is 2. The molecule has 0 bridgehead atoms. The molecule has 0 saturated heterocycles. The lowest BCUT2D eigenvalue weighted by molar-refractivity contribution is 0.100. The molecule has 4 N–H and O–H groups in total. The highest BCUT2D eigenvalue weighted by Crippen LogP contribution is 2.26. The summed E-state index contributed by atoms with van der Waals surface area (Å²) in [5, 5.41) is 15.2. The van der Waals surface area contributed by atoms with E-state index in [1.54, 1.807) is 25.3 Å². The SMILES string of the molecule is Cc1[nH]ncc1C(=O)N(C(=N)N)c1cccc2cccnc12.Cl. The van der Waals surface area contributed by atoms with Gasteiger partial charge in [-0.25, -0.2) is 4.90 Å². The summed E-state index contributed by atoms with van der Waals surface area (Å²) in [5.74, 6) is -0.791. The maximum absolute atomic E-state index is 12.7. The van der Waals surface area contributed by atoms with Crippen LogP contribution in [0.2, 0.25) is 0 Å². The number of benzene rings is 1. The van der Waals surface area contributed by atoms with Crippen LogP contribution in [0, 0.1) is 12.3 Å². The van der Waals surface area contributed by atoms with Crippen LogP contribution in [0.1, 0.15) is 16.1 Å². The third kappa shape index (κ3) is 2.86. The minimum atomic E-state index is -0.420. The van der Waals surface area contributed by atoms with Gasteiger partial charge in [0.05, 0.1) is 23.0 Å². The predicted octanol–water partition coefficient (Wildman–Crippen LogP) is 2.23. The van der Waals surface area contributed by atoms with Gasteiger partial charge in [0.2, 0.25) is 0 Å². The minimum absolute atomic E-state index is 0. The summed E-state index contributed by atoms with van der Waals surface area (Å²) in [7, 11) is 0. The molecule has 1 aromatic carbocycles. The van der Waals surface area contributed by atoms with E-state index >= 15 is 0 Å². The first-order chi connectivity index (χ1) is 10.6. The Morgan fingerprint density at radius 3 is 2.70 bits per heavy atom. The van der Waals surface area contributed by atoms with Crippen molar-refractivity contribution in [3.8, 4) is 0 Å². The lowest BCUT2D eigenvalue weighted by atomic mass is 10.1. The highest BCUT2D eigenvalue weighted by atomic mass is 35.5. The molecule has 0 aliphatic carbocycles. The van der Waals surface area contributed by atoms with E-state index in [0.717, 1.165) is 10.3 Å². The van der Waals surface area contributed by atoms with E-state index in [9.17, 15) is 4.79 Å². The van der Waals surface area contributed by atoms with Crippen molar-refractivity contribution >= 4 is 40.9 Å². The van der Waals surface area contributed by atoms with E-state index in [1.165, 1.54) is 6.20 Å². The molecule has 7 nitrogen and oxygen atoms in total. The monoisotopic (exact) mass is 330 g/mol. The topological polar surface area (TPSA) is 112 Å². The Labute approximate surface area is 138 Å². The number of nitrogens with two attached hydrogens (primary N) is 1. The molecule has 1 amide bonds. The molecule has 0 fully saturated rings. The van der Waals surface area contributed by atoms with Crippen molar-refractivity contribution in [2.45, 2.75) is 6.92 Å². The van der Waals surface area contributed by atoms with Gasteiger partial charge in [0.1, 0.15) is 0 Å². The number of nitrogens with one attached hydrogen (secondary N) is 2. The number of H-pyrrole nitrogens is 1. The Morgan fingerprint density at radius 1 is 1.30 bits per heavy atom. The quantitative estimate of drug-likeness (QED) is 0.494. The van der Waals surface area contributed by atoms with Crippen LogP contribution in [0.4, 0.5) is 5.69 Å². The van der Waals surface area contributed by atoms with Crippen LogP contribution < -0.4 is 10.6 Å². The first-order valence-electron chi connectivity index (χ1n) is 6.62. The van der Waals surface area contributed by atoms with Gasteiger partial charge in [0.15, 0.2) is 5.96 Å². The smallest absolute Gasteiger partial charge is 0.268 e. The number of nitrogens with zero attached hydrogens (tertiary/aromatic N) is 3. The van der Waals surface area contributed by atoms with Crippen LogP contribution in [0.25, 0.3) is 10.9 Å². The normalized spacial score (nSPS) is 10.1. The summed E-state index contributed by atoms with van der Waals surface area (Å²) in [5.41, 5.74) is 7.70.